The molecule has 2 fully saturated rings. The highest BCUT2D eigenvalue weighted by atomic mass is 16.5. The standard InChI is InChI=1S/C9H17NO4/c1-10-6-5-2-3-9(4-11,14-5)8(13)7(6)12/h5-8,10-13H,2-4H2,1H3/t5-,6+,7-,8-,9-/m1/s1. The first-order valence-electron chi connectivity index (χ1n) is 4.97. The number of aliphatic hydroxyl groups is 3. The SMILES string of the molecule is CN[C@@H]1[C@@H](O)[C@@H](O)[C@]2(CO)CC[C@H]1O2. The van der Waals surface area contributed by atoms with Crippen LogP contribution >= 0.6 is 0 Å². The molecule has 5 atom stereocenters. The Bertz CT molecular complexity index is 225. The van der Waals surface area contributed by atoms with Gasteiger partial charge in [-0.15, -0.1) is 0 Å². The normalized spacial score (nSPS) is 52.3. The largest absolute Gasteiger partial charge is 0.393 e. The number of hydrogen-bond acceptors (Lipinski definition) is 5. The Kier molecular flexibility index (Phi) is 2.53. The van der Waals surface area contributed by atoms with E-state index in [1.54, 1.807) is 7.05 Å². The van der Waals surface area contributed by atoms with Crippen molar-refractivity contribution in [1.82, 2.24) is 5.32 Å². The maximum absolute atomic E-state index is 9.84. The van der Waals surface area contributed by atoms with Crippen molar-refractivity contribution in [2.45, 2.75) is 42.8 Å². The lowest BCUT2D eigenvalue weighted by Crippen LogP contribution is -2.64. The van der Waals surface area contributed by atoms with Crippen molar-refractivity contribution in [3.05, 3.63) is 0 Å². The van der Waals surface area contributed by atoms with Gasteiger partial charge in [0.15, 0.2) is 0 Å². The van der Waals surface area contributed by atoms with E-state index in [-0.39, 0.29) is 18.8 Å². The molecule has 2 aliphatic rings. The molecule has 4 N–H and O–H groups in total. The molecule has 14 heavy (non-hydrogen) atoms. The summed E-state index contributed by atoms with van der Waals surface area (Å²) in [5.74, 6) is 0. The molecule has 2 heterocycles. The van der Waals surface area contributed by atoms with Crippen LogP contribution in [0.15, 0.2) is 0 Å². The molecule has 0 unspecified atom stereocenters. The molecule has 0 aliphatic carbocycles. The van der Waals surface area contributed by atoms with Crippen LogP contribution in [-0.4, -0.2) is 58.9 Å². The lowest BCUT2D eigenvalue weighted by Gasteiger charge is -2.43. The van der Waals surface area contributed by atoms with Crippen LogP contribution in [-0.2, 0) is 4.74 Å². The summed E-state index contributed by atoms with van der Waals surface area (Å²) in [6.07, 6.45) is -0.618. The van der Waals surface area contributed by atoms with E-state index in [2.05, 4.69) is 5.32 Å². The summed E-state index contributed by atoms with van der Waals surface area (Å²) in [7, 11) is 1.73. The third-order valence-corrected chi connectivity index (χ3v) is 3.47. The number of fused-ring (bicyclic) bond motifs is 2. The van der Waals surface area contributed by atoms with E-state index in [4.69, 9.17) is 4.74 Å². The smallest absolute Gasteiger partial charge is 0.120 e. The second kappa shape index (κ2) is 3.43. The van der Waals surface area contributed by atoms with Crippen LogP contribution in [0.2, 0.25) is 0 Å². The van der Waals surface area contributed by atoms with Gasteiger partial charge in [-0.3, -0.25) is 0 Å². The van der Waals surface area contributed by atoms with Gasteiger partial charge in [0.1, 0.15) is 17.8 Å². The molecule has 82 valence electrons. The molecular weight excluding hydrogens is 186 g/mol. The van der Waals surface area contributed by atoms with Gasteiger partial charge < -0.3 is 25.4 Å². The van der Waals surface area contributed by atoms with E-state index in [1.807, 2.05) is 0 Å². The first-order chi connectivity index (χ1) is 6.64. The summed E-state index contributed by atoms with van der Waals surface area (Å²) < 4.78 is 5.60. The molecule has 2 rings (SSSR count). The van der Waals surface area contributed by atoms with Gasteiger partial charge in [0.2, 0.25) is 0 Å². The quantitative estimate of drug-likeness (QED) is 0.426. The molecule has 2 bridgehead atoms. The highest BCUT2D eigenvalue weighted by molar-refractivity contribution is 5.08. The van der Waals surface area contributed by atoms with E-state index >= 15 is 0 Å². The molecule has 2 saturated heterocycles. The van der Waals surface area contributed by atoms with Crippen molar-refractivity contribution in [3.8, 4) is 0 Å². The van der Waals surface area contributed by atoms with E-state index in [9.17, 15) is 15.3 Å². The number of likely N-dealkylation sites (N-methyl/N-ethyl adjacent to an activating group) is 1. The predicted molar refractivity (Wildman–Crippen MR) is 48.8 cm³/mol. The molecule has 5 heteroatoms. The minimum Gasteiger partial charge on any atom is -0.393 e. The van der Waals surface area contributed by atoms with Crippen LogP contribution in [0.3, 0.4) is 0 Å². The van der Waals surface area contributed by atoms with Crippen molar-refractivity contribution in [1.29, 1.82) is 0 Å². The van der Waals surface area contributed by atoms with Crippen molar-refractivity contribution in [2.75, 3.05) is 13.7 Å². The van der Waals surface area contributed by atoms with Crippen molar-refractivity contribution in [2.24, 2.45) is 0 Å². The molecule has 0 aromatic rings. The highest BCUT2D eigenvalue weighted by Gasteiger charge is 2.57. The van der Waals surface area contributed by atoms with E-state index in [1.165, 1.54) is 0 Å². The summed E-state index contributed by atoms with van der Waals surface area (Å²) in [5.41, 5.74) is -0.933. The van der Waals surface area contributed by atoms with Crippen LogP contribution < -0.4 is 5.32 Å². The Labute approximate surface area is 82.7 Å². The van der Waals surface area contributed by atoms with Crippen LogP contribution in [0.1, 0.15) is 12.8 Å². The lowest BCUT2D eigenvalue weighted by molar-refractivity contribution is -0.219. The Hall–Kier alpha value is -0.200. The van der Waals surface area contributed by atoms with Gasteiger partial charge in [-0.25, -0.2) is 0 Å². The van der Waals surface area contributed by atoms with Crippen molar-refractivity contribution in [3.63, 3.8) is 0 Å². The van der Waals surface area contributed by atoms with Gasteiger partial charge in [-0.2, -0.15) is 0 Å². The Morgan fingerprint density at radius 3 is 2.79 bits per heavy atom. The van der Waals surface area contributed by atoms with Crippen molar-refractivity contribution >= 4 is 0 Å². The second-order valence-electron chi connectivity index (χ2n) is 4.17. The van der Waals surface area contributed by atoms with Gasteiger partial charge >= 0.3 is 0 Å². The predicted octanol–water partition coefficient (Wildman–Crippen LogP) is -1.78. The molecule has 0 aromatic heterocycles. The molecule has 0 radical (unpaired) electrons. The van der Waals surface area contributed by atoms with Crippen LogP contribution in [0.5, 0.6) is 0 Å². The van der Waals surface area contributed by atoms with Crippen LogP contribution in [0, 0.1) is 0 Å². The fraction of sp³-hybridized carbons (Fsp3) is 1.00. The summed E-state index contributed by atoms with van der Waals surface area (Å²) in [5, 5.41) is 31.8. The molecule has 0 aromatic carbocycles. The number of ether oxygens (including phenoxy) is 1. The maximum Gasteiger partial charge on any atom is 0.120 e. The average molecular weight is 203 g/mol. The third kappa shape index (κ3) is 1.20. The lowest BCUT2D eigenvalue weighted by atomic mass is 9.88. The second-order valence-corrected chi connectivity index (χ2v) is 4.17. The first kappa shape index (κ1) is 10.3. The number of hydrogen-bond donors (Lipinski definition) is 4. The third-order valence-electron chi connectivity index (χ3n) is 3.47. The van der Waals surface area contributed by atoms with Crippen molar-refractivity contribution < 1.29 is 20.1 Å². The van der Waals surface area contributed by atoms with Gasteiger partial charge in [0.25, 0.3) is 0 Å². The van der Waals surface area contributed by atoms with E-state index in [0.29, 0.717) is 6.42 Å². The van der Waals surface area contributed by atoms with Gasteiger partial charge in [0.05, 0.1) is 18.8 Å². The minimum absolute atomic E-state index is 0.106. The summed E-state index contributed by atoms with van der Waals surface area (Å²) in [6, 6.07) is -0.243. The van der Waals surface area contributed by atoms with Gasteiger partial charge in [-0.05, 0) is 19.9 Å². The number of aliphatic hydroxyl groups excluding tert-OH is 3. The molecule has 0 spiro atoms. The summed E-state index contributed by atoms with van der Waals surface area (Å²) in [4.78, 5) is 0. The number of rotatable bonds is 2. The van der Waals surface area contributed by atoms with E-state index in [0.717, 1.165) is 6.42 Å². The fourth-order valence-electron chi connectivity index (χ4n) is 2.57. The molecule has 5 nitrogen and oxygen atoms in total. The molecular formula is C9H17NO4. The average Bonchev–Trinajstić information content (AvgIpc) is 2.59. The van der Waals surface area contributed by atoms with Crippen LogP contribution in [0.25, 0.3) is 0 Å². The van der Waals surface area contributed by atoms with Crippen LogP contribution in [0.4, 0.5) is 0 Å². The molecule has 0 amide bonds. The van der Waals surface area contributed by atoms with E-state index < -0.39 is 17.8 Å². The Morgan fingerprint density at radius 2 is 2.21 bits per heavy atom. The Balaban J connectivity index is 2.23. The summed E-state index contributed by atoms with van der Waals surface area (Å²) in [6.45, 7) is -0.238. The minimum atomic E-state index is -1.01. The zero-order chi connectivity index (χ0) is 10.3. The molecule has 0 saturated carbocycles. The monoisotopic (exact) mass is 203 g/mol. The highest BCUT2D eigenvalue weighted by Crippen LogP contribution is 2.41. The zero-order valence-corrected chi connectivity index (χ0v) is 8.18. The zero-order valence-electron chi connectivity index (χ0n) is 8.18. The fourth-order valence-corrected chi connectivity index (χ4v) is 2.57. The topological polar surface area (TPSA) is 82.0 Å². The first-order valence-corrected chi connectivity index (χ1v) is 4.97. The molecule has 2 aliphatic heterocycles. The number of nitrogens with one attached hydrogen (secondary N) is 1. The van der Waals surface area contributed by atoms with Gasteiger partial charge in [-0.1, -0.05) is 0 Å². The summed E-state index contributed by atoms with van der Waals surface area (Å²) >= 11 is 0. The maximum atomic E-state index is 9.84. The van der Waals surface area contributed by atoms with Gasteiger partial charge in [0, 0.05) is 0 Å². The Morgan fingerprint density at radius 1 is 1.50 bits per heavy atom.